The van der Waals surface area contributed by atoms with E-state index < -0.39 is 0 Å². The lowest BCUT2D eigenvalue weighted by atomic mass is 10.2. The first-order chi connectivity index (χ1) is 11.8. The Morgan fingerprint density at radius 1 is 1.32 bits per heavy atom. The molecule has 1 fully saturated rings. The summed E-state index contributed by atoms with van der Waals surface area (Å²) < 4.78 is 2.21. The molecule has 1 N–H and O–H groups in total. The van der Waals surface area contributed by atoms with Crippen molar-refractivity contribution >= 4 is 29.9 Å². The summed E-state index contributed by atoms with van der Waals surface area (Å²) in [4.78, 5) is 13.7. The van der Waals surface area contributed by atoms with Gasteiger partial charge in [-0.3, -0.25) is 9.89 Å². The van der Waals surface area contributed by atoms with Crippen molar-refractivity contribution in [2.45, 2.75) is 38.8 Å². The van der Waals surface area contributed by atoms with Crippen LogP contribution in [0.3, 0.4) is 0 Å². The predicted octanol–water partition coefficient (Wildman–Crippen LogP) is 2.11. The molecule has 1 unspecified atom stereocenters. The molecule has 0 bridgehead atoms. The topological polar surface area (TPSA) is 48.7 Å². The summed E-state index contributed by atoms with van der Waals surface area (Å²) in [6, 6.07) is 0.669. The van der Waals surface area contributed by atoms with Gasteiger partial charge in [-0.15, -0.1) is 24.0 Å². The smallest absolute Gasteiger partial charge is 0.193 e. The Morgan fingerprint density at radius 3 is 2.80 bits per heavy atom. The Labute approximate surface area is 168 Å². The monoisotopic (exact) mass is 458 g/mol. The molecule has 25 heavy (non-hydrogen) atoms. The first kappa shape index (κ1) is 20.2. The van der Waals surface area contributed by atoms with E-state index in [0.717, 1.165) is 63.9 Å². The highest BCUT2D eigenvalue weighted by Gasteiger charge is 2.29. The molecule has 1 aromatic heterocycles. The molecule has 3 heterocycles. The van der Waals surface area contributed by atoms with Crippen molar-refractivity contribution in [1.29, 1.82) is 0 Å². The summed E-state index contributed by atoms with van der Waals surface area (Å²) in [6.45, 7) is 8.49. The van der Waals surface area contributed by atoms with E-state index in [4.69, 9.17) is 0 Å². The Bertz CT molecular complexity index is 574. The number of unbranched alkanes of at least 4 members (excludes halogenated alkanes) is 1. The highest BCUT2D eigenvalue weighted by Crippen LogP contribution is 2.17. The standard InChI is InChI=1S/C18H30N6.HI/c1-16-20-9-14-22(16)10-4-3-8-21-18(19-2)24-13-7-17(15-24)23-11-5-6-12-23;/h5-6,9,14,17H,3-4,7-8,10-13,15H2,1-2H3,(H,19,21);1H. The van der Waals surface area contributed by atoms with Crippen LogP contribution < -0.4 is 5.32 Å². The summed E-state index contributed by atoms with van der Waals surface area (Å²) in [7, 11) is 1.89. The zero-order chi connectivity index (χ0) is 16.8. The summed E-state index contributed by atoms with van der Waals surface area (Å²) in [6.07, 6.45) is 12.0. The fourth-order valence-corrected chi connectivity index (χ4v) is 3.60. The van der Waals surface area contributed by atoms with Gasteiger partial charge in [0.1, 0.15) is 5.82 Å². The van der Waals surface area contributed by atoms with E-state index in [1.807, 2.05) is 13.2 Å². The Morgan fingerprint density at radius 2 is 2.12 bits per heavy atom. The predicted molar refractivity (Wildman–Crippen MR) is 114 cm³/mol. The van der Waals surface area contributed by atoms with Gasteiger partial charge in [0.25, 0.3) is 0 Å². The van der Waals surface area contributed by atoms with Crippen LogP contribution in [0.5, 0.6) is 0 Å². The second kappa shape index (κ2) is 10.2. The van der Waals surface area contributed by atoms with Crippen LogP contribution in [0.4, 0.5) is 0 Å². The Balaban J connectivity index is 0.00000225. The van der Waals surface area contributed by atoms with Gasteiger partial charge in [-0.2, -0.15) is 0 Å². The number of guanidine groups is 1. The number of rotatable bonds is 6. The van der Waals surface area contributed by atoms with Crippen LogP contribution >= 0.6 is 24.0 Å². The lowest BCUT2D eigenvalue weighted by Crippen LogP contribution is -2.43. The maximum absolute atomic E-state index is 4.47. The van der Waals surface area contributed by atoms with Crippen LogP contribution in [0.25, 0.3) is 0 Å². The van der Waals surface area contributed by atoms with E-state index in [2.05, 4.69) is 54.9 Å². The number of aromatic nitrogens is 2. The molecular formula is C18H31IN6. The molecule has 0 amide bonds. The lowest BCUT2D eigenvalue weighted by molar-refractivity contribution is 0.259. The van der Waals surface area contributed by atoms with Crippen molar-refractivity contribution in [3.63, 3.8) is 0 Å². The minimum Gasteiger partial charge on any atom is -0.356 e. The number of likely N-dealkylation sites (tertiary alicyclic amines) is 1. The Hall–Kier alpha value is -1.09. The number of imidazole rings is 1. The first-order valence-corrected chi connectivity index (χ1v) is 9.10. The molecule has 6 nitrogen and oxygen atoms in total. The van der Waals surface area contributed by atoms with Gasteiger partial charge in [0.15, 0.2) is 5.96 Å². The van der Waals surface area contributed by atoms with E-state index in [9.17, 15) is 0 Å². The normalized spacial score (nSPS) is 21.0. The average molecular weight is 458 g/mol. The Kier molecular flexibility index (Phi) is 8.21. The van der Waals surface area contributed by atoms with E-state index in [1.165, 1.54) is 6.42 Å². The van der Waals surface area contributed by atoms with Crippen molar-refractivity contribution in [2.75, 3.05) is 39.8 Å². The second-order valence-corrected chi connectivity index (χ2v) is 6.66. The largest absolute Gasteiger partial charge is 0.356 e. The summed E-state index contributed by atoms with van der Waals surface area (Å²) in [5.41, 5.74) is 0. The average Bonchev–Trinajstić information content (AvgIpc) is 3.32. The lowest BCUT2D eigenvalue weighted by Gasteiger charge is -2.25. The summed E-state index contributed by atoms with van der Waals surface area (Å²) >= 11 is 0. The van der Waals surface area contributed by atoms with Crippen LogP contribution in [0.2, 0.25) is 0 Å². The molecule has 0 aromatic carbocycles. The summed E-state index contributed by atoms with van der Waals surface area (Å²) in [5, 5.41) is 3.53. The molecule has 2 aliphatic rings. The number of halogens is 1. The van der Waals surface area contributed by atoms with Crippen molar-refractivity contribution < 1.29 is 0 Å². The van der Waals surface area contributed by atoms with Crippen molar-refractivity contribution in [3.05, 3.63) is 30.4 Å². The van der Waals surface area contributed by atoms with Gasteiger partial charge >= 0.3 is 0 Å². The fraction of sp³-hybridized carbons (Fsp3) is 0.667. The molecule has 3 rings (SSSR count). The fourth-order valence-electron chi connectivity index (χ4n) is 3.60. The molecule has 1 aromatic rings. The maximum atomic E-state index is 4.47. The molecule has 0 saturated carbocycles. The van der Waals surface area contributed by atoms with E-state index in [0.29, 0.717) is 6.04 Å². The molecule has 0 aliphatic carbocycles. The third kappa shape index (κ3) is 5.44. The zero-order valence-electron chi connectivity index (χ0n) is 15.4. The number of nitrogens with zero attached hydrogens (tertiary/aromatic N) is 5. The number of nitrogens with one attached hydrogen (secondary N) is 1. The van der Waals surface area contributed by atoms with Gasteiger partial charge in [-0.25, -0.2) is 4.98 Å². The SMILES string of the molecule is CN=C(NCCCCn1ccnc1C)N1CCC(N2CC=CC2)C1.I. The molecule has 2 aliphatic heterocycles. The molecule has 140 valence electrons. The number of aryl methyl sites for hydroxylation is 2. The van der Waals surface area contributed by atoms with Crippen LogP contribution in [0.1, 0.15) is 25.1 Å². The van der Waals surface area contributed by atoms with Gasteiger partial charge in [-0.05, 0) is 26.2 Å². The molecule has 1 atom stereocenters. The molecule has 0 radical (unpaired) electrons. The van der Waals surface area contributed by atoms with Crippen LogP contribution in [-0.4, -0.2) is 71.1 Å². The van der Waals surface area contributed by atoms with Crippen molar-refractivity contribution in [3.8, 4) is 0 Å². The van der Waals surface area contributed by atoms with Gasteiger partial charge in [-0.1, -0.05) is 12.2 Å². The molecule has 7 heteroatoms. The van der Waals surface area contributed by atoms with Gasteiger partial charge in [0.2, 0.25) is 0 Å². The first-order valence-electron chi connectivity index (χ1n) is 9.10. The van der Waals surface area contributed by atoms with Crippen molar-refractivity contribution in [2.24, 2.45) is 4.99 Å². The van der Waals surface area contributed by atoms with Crippen LogP contribution in [0.15, 0.2) is 29.5 Å². The van der Waals surface area contributed by atoms with E-state index >= 15 is 0 Å². The number of hydrogen-bond acceptors (Lipinski definition) is 3. The minimum atomic E-state index is 0. The molecule has 0 spiro atoms. The third-order valence-corrected chi connectivity index (χ3v) is 5.07. The van der Waals surface area contributed by atoms with Gasteiger partial charge in [0.05, 0.1) is 0 Å². The minimum absolute atomic E-state index is 0. The number of aliphatic imine (C=N–C) groups is 1. The van der Waals surface area contributed by atoms with E-state index in [-0.39, 0.29) is 24.0 Å². The zero-order valence-corrected chi connectivity index (χ0v) is 17.7. The molecule has 1 saturated heterocycles. The highest BCUT2D eigenvalue weighted by molar-refractivity contribution is 14.0. The van der Waals surface area contributed by atoms with Crippen LogP contribution in [-0.2, 0) is 6.54 Å². The molecular weight excluding hydrogens is 427 g/mol. The van der Waals surface area contributed by atoms with Crippen LogP contribution in [0, 0.1) is 6.92 Å². The maximum Gasteiger partial charge on any atom is 0.193 e. The third-order valence-electron chi connectivity index (χ3n) is 5.07. The van der Waals surface area contributed by atoms with Crippen molar-refractivity contribution in [1.82, 2.24) is 24.7 Å². The van der Waals surface area contributed by atoms with Gasteiger partial charge < -0.3 is 14.8 Å². The summed E-state index contributed by atoms with van der Waals surface area (Å²) in [5.74, 6) is 2.15. The highest BCUT2D eigenvalue weighted by atomic mass is 127. The van der Waals surface area contributed by atoms with E-state index in [1.54, 1.807) is 0 Å². The quantitative estimate of drug-likeness (QED) is 0.233. The number of hydrogen-bond donors (Lipinski definition) is 1. The second-order valence-electron chi connectivity index (χ2n) is 6.66. The van der Waals surface area contributed by atoms with Gasteiger partial charge in [0, 0.05) is 64.8 Å².